The second-order valence-corrected chi connectivity index (χ2v) is 4.85. The summed E-state index contributed by atoms with van der Waals surface area (Å²) in [7, 11) is 0. The fraction of sp³-hybridized carbons (Fsp3) is 0.118. The number of benzene rings is 2. The lowest BCUT2D eigenvalue weighted by Crippen LogP contribution is -2.08. The maximum absolute atomic E-state index is 14.1. The number of hydrogen-bond acceptors (Lipinski definition) is 2. The van der Waals surface area contributed by atoms with Crippen molar-refractivity contribution in [3.63, 3.8) is 0 Å². The summed E-state index contributed by atoms with van der Waals surface area (Å²) < 4.78 is 32.9. The minimum absolute atomic E-state index is 0.0847. The van der Waals surface area contributed by atoms with Gasteiger partial charge in [-0.05, 0) is 36.8 Å². The summed E-state index contributed by atoms with van der Waals surface area (Å²) in [5, 5.41) is 0.157. The van der Waals surface area contributed by atoms with Crippen LogP contribution in [-0.2, 0) is 0 Å². The molecule has 0 aromatic heterocycles. The molecule has 0 radical (unpaired) electrons. The molecular weight excluding hydrogens is 310 g/mol. The van der Waals surface area contributed by atoms with E-state index < -0.39 is 23.0 Å². The van der Waals surface area contributed by atoms with E-state index in [4.69, 9.17) is 16.3 Å². The van der Waals surface area contributed by atoms with E-state index in [1.807, 2.05) is 0 Å². The van der Waals surface area contributed by atoms with Crippen molar-refractivity contribution < 1.29 is 18.3 Å². The van der Waals surface area contributed by atoms with E-state index in [1.165, 1.54) is 30.3 Å². The van der Waals surface area contributed by atoms with Gasteiger partial charge in [-0.2, -0.15) is 4.39 Å². The summed E-state index contributed by atoms with van der Waals surface area (Å²) in [6, 6.07) is 7.06. The molecule has 0 aliphatic carbocycles. The average Bonchev–Trinajstić information content (AvgIpc) is 2.52. The molecule has 0 saturated heterocycles. The Labute approximate surface area is 132 Å². The first-order valence-electron chi connectivity index (χ1n) is 6.57. The molecule has 5 heteroatoms. The molecule has 0 fully saturated rings. The van der Waals surface area contributed by atoms with E-state index in [1.54, 1.807) is 13.0 Å². The van der Waals surface area contributed by atoms with Gasteiger partial charge in [-0.3, -0.25) is 4.79 Å². The Bertz CT molecular complexity index is 742. The predicted molar refractivity (Wildman–Crippen MR) is 82.5 cm³/mol. The molecule has 114 valence electrons. The Morgan fingerprint density at radius 2 is 1.95 bits per heavy atom. The van der Waals surface area contributed by atoms with Crippen LogP contribution in [0, 0.1) is 11.6 Å². The molecule has 0 N–H and O–H groups in total. The van der Waals surface area contributed by atoms with Crippen molar-refractivity contribution in [3.8, 4) is 5.75 Å². The first-order valence-corrected chi connectivity index (χ1v) is 6.94. The van der Waals surface area contributed by atoms with Crippen molar-refractivity contribution in [1.29, 1.82) is 0 Å². The third-order valence-corrected chi connectivity index (χ3v) is 3.39. The zero-order valence-corrected chi connectivity index (χ0v) is 12.6. The van der Waals surface area contributed by atoms with Crippen molar-refractivity contribution in [3.05, 3.63) is 70.3 Å². The van der Waals surface area contributed by atoms with Gasteiger partial charge in [0.15, 0.2) is 17.3 Å². The number of hydrogen-bond donors (Lipinski definition) is 0. The zero-order valence-electron chi connectivity index (χ0n) is 11.8. The lowest BCUT2D eigenvalue weighted by Gasteiger charge is -2.09. The third-order valence-electron chi connectivity index (χ3n) is 3.06. The van der Waals surface area contributed by atoms with Crippen LogP contribution in [0.25, 0.3) is 6.08 Å². The molecule has 0 aliphatic heterocycles. The lowest BCUT2D eigenvalue weighted by molar-refractivity contribution is 0.103. The number of carbonyl (C=O) groups is 1. The Morgan fingerprint density at radius 1 is 1.23 bits per heavy atom. The maximum Gasteiger partial charge on any atom is 0.201 e. The monoisotopic (exact) mass is 322 g/mol. The van der Waals surface area contributed by atoms with Crippen LogP contribution in [-0.4, -0.2) is 12.4 Å². The van der Waals surface area contributed by atoms with Gasteiger partial charge in [-0.1, -0.05) is 30.3 Å². The van der Waals surface area contributed by atoms with Gasteiger partial charge in [0.25, 0.3) is 0 Å². The zero-order chi connectivity index (χ0) is 16.3. The number of halogens is 3. The van der Waals surface area contributed by atoms with Crippen LogP contribution in [0.4, 0.5) is 8.78 Å². The predicted octanol–water partition coefficient (Wildman–Crippen LogP) is 4.89. The first kappa shape index (κ1) is 16.2. The number of ketones is 1. The molecular formula is C17H13ClF2O2. The second-order valence-electron chi connectivity index (χ2n) is 4.44. The maximum atomic E-state index is 14.1. The third kappa shape index (κ3) is 3.02. The van der Waals surface area contributed by atoms with E-state index >= 15 is 0 Å². The van der Waals surface area contributed by atoms with Gasteiger partial charge in [0.05, 0.1) is 17.2 Å². The highest BCUT2D eigenvalue weighted by Gasteiger charge is 2.22. The van der Waals surface area contributed by atoms with Crippen molar-refractivity contribution in [1.82, 2.24) is 0 Å². The van der Waals surface area contributed by atoms with Crippen LogP contribution in [0.3, 0.4) is 0 Å². The van der Waals surface area contributed by atoms with Crippen molar-refractivity contribution >= 4 is 23.5 Å². The molecule has 0 bridgehead atoms. The fourth-order valence-electron chi connectivity index (χ4n) is 1.96. The molecule has 0 atom stereocenters. The van der Waals surface area contributed by atoms with Crippen molar-refractivity contribution in [2.24, 2.45) is 0 Å². The molecule has 2 aromatic carbocycles. The molecule has 2 nitrogen and oxygen atoms in total. The topological polar surface area (TPSA) is 26.3 Å². The van der Waals surface area contributed by atoms with Gasteiger partial charge in [0.2, 0.25) is 5.82 Å². The molecule has 0 heterocycles. The first-order chi connectivity index (χ1) is 10.5. The second kappa shape index (κ2) is 6.71. The Hall–Kier alpha value is -2.20. The standard InChI is InChI=1S/C17H13ClF2O2/c1-3-10-5-7-13(18)12(9-10)17(21)11-6-8-14(22-4-2)16(20)15(11)19/h3,5-9H,1,4H2,2H3. The number of carbonyl (C=O) groups excluding carboxylic acids is 1. The van der Waals surface area contributed by atoms with Gasteiger partial charge in [0.1, 0.15) is 0 Å². The highest BCUT2D eigenvalue weighted by molar-refractivity contribution is 6.35. The normalized spacial score (nSPS) is 10.4. The highest BCUT2D eigenvalue weighted by Crippen LogP contribution is 2.27. The Morgan fingerprint density at radius 3 is 2.59 bits per heavy atom. The lowest BCUT2D eigenvalue weighted by atomic mass is 10.0. The highest BCUT2D eigenvalue weighted by atomic mass is 35.5. The largest absolute Gasteiger partial charge is 0.491 e. The SMILES string of the molecule is C=Cc1ccc(Cl)c(C(=O)c2ccc(OCC)c(F)c2F)c1. The molecule has 0 amide bonds. The summed E-state index contributed by atoms with van der Waals surface area (Å²) in [6.45, 7) is 5.43. The van der Waals surface area contributed by atoms with Gasteiger partial charge in [-0.15, -0.1) is 0 Å². The van der Waals surface area contributed by atoms with Crippen LogP contribution >= 0.6 is 11.6 Å². The molecule has 2 rings (SSSR count). The van der Waals surface area contributed by atoms with E-state index in [0.717, 1.165) is 0 Å². The smallest absolute Gasteiger partial charge is 0.201 e. The fourth-order valence-corrected chi connectivity index (χ4v) is 2.17. The minimum Gasteiger partial charge on any atom is -0.491 e. The molecule has 0 saturated carbocycles. The van der Waals surface area contributed by atoms with Crippen LogP contribution in [0.15, 0.2) is 36.9 Å². The van der Waals surface area contributed by atoms with Gasteiger partial charge >= 0.3 is 0 Å². The van der Waals surface area contributed by atoms with E-state index in [9.17, 15) is 13.6 Å². The average molecular weight is 323 g/mol. The summed E-state index contributed by atoms with van der Waals surface area (Å²) >= 11 is 5.98. The Balaban J connectivity index is 2.50. The van der Waals surface area contributed by atoms with E-state index in [-0.39, 0.29) is 22.9 Å². The Kier molecular flexibility index (Phi) is 4.93. The van der Waals surface area contributed by atoms with E-state index in [0.29, 0.717) is 5.56 Å². The van der Waals surface area contributed by atoms with Gasteiger partial charge in [-0.25, -0.2) is 4.39 Å². The number of ether oxygens (including phenoxy) is 1. The van der Waals surface area contributed by atoms with E-state index in [2.05, 4.69) is 6.58 Å². The molecule has 0 spiro atoms. The van der Waals surface area contributed by atoms with Crippen LogP contribution < -0.4 is 4.74 Å². The van der Waals surface area contributed by atoms with Crippen molar-refractivity contribution in [2.45, 2.75) is 6.92 Å². The molecule has 0 unspecified atom stereocenters. The summed E-state index contributed by atoms with van der Waals surface area (Å²) in [4.78, 5) is 12.4. The quantitative estimate of drug-likeness (QED) is 0.732. The minimum atomic E-state index is -1.25. The van der Waals surface area contributed by atoms with Crippen molar-refractivity contribution in [2.75, 3.05) is 6.61 Å². The summed E-state index contributed by atoms with van der Waals surface area (Å²) in [5.74, 6) is -3.38. The summed E-state index contributed by atoms with van der Waals surface area (Å²) in [5.41, 5.74) is 0.338. The summed E-state index contributed by atoms with van der Waals surface area (Å²) in [6.07, 6.45) is 1.53. The molecule has 0 aliphatic rings. The van der Waals surface area contributed by atoms with Crippen LogP contribution in [0.1, 0.15) is 28.4 Å². The van der Waals surface area contributed by atoms with Crippen LogP contribution in [0.2, 0.25) is 5.02 Å². The number of rotatable bonds is 5. The van der Waals surface area contributed by atoms with Gasteiger partial charge in [0, 0.05) is 5.56 Å². The molecule has 2 aromatic rings. The van der Waals surface area contributed by atoms with Crippen LogP contribution in [0.5, 0.6) is 5.75 Å². The van der Waals surface area contributed by atoms with Gasteiger partial charge < -0.3 is 4.74 Å². The molecule has 22 heavy (non-hydrogen) atoms.